The van der Waals surface area contributed by atoms with E-state index in [1.807, 2.05) is 45.0 Å². The minimum absolute atomic E-state index is 0.0776. The predicted molar refractivity (Wildman–Crippen MR) is 75.5 cm³/mol. The third-order valence-electron chi connectivity index (χ3n) is 2.46. The van der Waals surface area contributed by atoms with Crippen molar-refractivity contribution in [1.82, 2.24) is 4.72 Å². The second-order valence-corrected chi connectivity index (χ2v) is 7.45. The van der Waals surface area contributed by atoms with Gasteiger partial charge in [-0.1, -0.05) is 30.7 Å². The van der Waals surface area contributed by atoms with Crippen molar-refractivity contribution in [1.29, 1.82) is 0 Å². The largest absolute Gasteiger partial charge is 0.598 e. The summed E-state index contributed by atoms with van der Waals surface area (Å²) in [7, 11) is 0. The molecule has 96 valence electrons. The van der Waals surface area contributed by atoms with Crippen LogP contribution < -0.4 is 4.72 Å². The quantitative estimate of drug-likeness (QED) is 0.846. The molecule has 0 fully saturated rings. The first-order valence-corrected chi connectivity index (χ1v) is 7.31. The third-order valence-corrected chi connectivity index (χ3v) is 4.31. The van der Waals surface area contributed by atoms with Gasteiger partial charge in [0.25, 0.3) is 0 Å². The van der Waals surface area contributed by atoms with Crippen molar-refractivity contribution in [2.45, 2.75) is 44.9 Å². The van der Waals surface area contributed by atoms with Crippen LogP contribution in [0.15, 0.2) is 24.3 Å². The maximum atomic E-state index is 12.1. The fraction of sp³-hybridized carbons (Fsp3) is 0.538. The number of hydrogen-bond acceptors (Lipinski definition) is 2. The van der Waals surface area contributed by atoms with Gasteiger partial charge in [-0.3, -0.25) is 0 Å². The topological polar surface area (TPSA) is 35.1 Å². The molecule has 0 aliphatic carbocycles. The Bertz CT molecular complexity index is 365. The van der Waals surface area contributed by atoms with Crippen molar-refractivity contribution in [2.75, 3.05) is 0 Å². The van der Waals surface area contributed by atoms with Crippen LogP contribution in [0.5, 0.6) is 0 Å². The van der Waals surface area contributed by atoms with E-state index in [1.165, 1.54) is 0 Å². The molecule has 4 heteroatoms. The fourth-order valence-electron chi connectivity index (χ4n) is 1.42. The molecule has 0 saturated heterocycles. The Morgan fingerprint density at radius 2 is 2.06 bits per heavy atom. The molecule has 0 aliphatic heterocycles. The molecule has 0 spiro atoms. The van der Waals surface area contributed by atoms with E-state index >= 15 is 0 Å². The first-order chi connectivity index (χ1) is 7.84. The predicted octanol–water partition coefficient (Wildman–Crippen LogP) is 3.84. The molecule has 0 radical (unpaired) electrons. The first kappa shape index (κ1) is 14.8. The van der Waals surface area contributed by atoms with Gasteiger partial charge in [-0.25, -0.2) is 0 Å². The Morgan fingerprint density at radius 1 is 1.41 bits per heavy atom. The summed E-state index contributed by atoms with van der Waals surface area (Å²) in [5.41, 5.74) is 1.08. The molecule has 0 heterocycles. The van der Waals surface area contributed by atoms with Crippen LogP contribution in [0.25, 0.3) is 0 Å². The van der Waals surface area contributed by atoms with E-state index < -0.39 is 11.4 Å². The lowest BCUT2D eigenvalue weighted by atomic mass is 10.1. The van der Waals surface area contributed by atoms with Gasteiger partial charge in [0.2, 0.25) is 0 Å². The molecular formula is C13H20ClNOS. The van der Waals surface area contributed by atoms with Crippen LogP contribution in [0.2, 0.25) is 5.02 Å². The van der Waals surface area contributed by atoms with Crippen molar-refractivity contribution in [3.63, 3.8) is 0 Å². The molecule has 2 nitrogen and oxygen atoms in total. The number of rotatable bonds is 4. The van der Waals surface area contributed by atoms with Crippen molar-refractivity contribution >= 4 is 23.0 Å². The average Bonchev–Trinajstić information content (AvgIpc) is 2.24. The second kappa shape index (κ2) is 6.10. The van der Waals surface area contributed by atoms with Crippen LogP contribution in [0, 0.1) is 0 Å². The van der Waals surface area contributed by atoms with Gasteiger partial charge >= 0.3 is 0 Å². The van der Waals surface area contributed by atoms with E-state index in [1.54, 1.807) is 0 Å². The summed E-state index contributed by atoms with van der Waals surface area (Å²) >= 11 is 4.90. The summed E-state index contributed by atoms with van der Waals surface area (Å²) in [5, 5.41) is 0.712. The van der Waals surface area contributed by atoms with Crippen molar-refractivity contribution in [3.05, 3.63) is 34.9 Å². The standard InChI is InChI=1S/C13H20ClNOS/c1-5-12(15-17(16)13(2,3)4)10-7-6-8-11(14)9-10/h6-9,12,15H,5H2,1-4H3/t12-,17-/m1/s1. The molecule has 1 aromatic carbocycles. The number of benzene rings is 1. The van der Waals surface area contributed by atoms with Crippen molar-refractivity contribution in [3.8, 4) is 0 Å². The van der Waals surface area contributed by atoms with Gasteiger partial charge in [0.15, 0.2) is 0 Å². The summed E-state index contributed by atoms with van der Waals surface area (Å²) in [6, 6.07) is 7.77. The highest BCUT2D eigenvalue weighted by Crippen LogP contribution is 2.24. The first-order valence-electron chi connectivity index (χ1n) is 5.78. The zero-order valence-corrected chi connectivity index (χ0v) is 12.4. The summed E-state index contributed by atoms with van der Waals surface area (Å²) in [4.78, 5) is 0. The normalized spacial score (nSPS) is 15.6. The molecule has 1 aromatic rings. The lowest BCUT2D eigenvalue weighted by Crippen LogP contribution is -2.41. The van der Waals surface area contributed by atoms with E-state index in [9.17, 15) is 4.55 Å². The molecule has 0 amide bonds. The molecule has 0 saturated carbocycles. The average molecular weight is 274 g/mol. The highest BCUT2D eigenvalue weighted by Gasteiger charge is 2.29. The minimum atomic E-state index is -1.07. The van der Waals surface area contributed by atoms with Gasteiger partial charge in [0.1, 0.15) is 4.75 Å². The molecule has 17 heavy (non-hydrogen) atoms. The maximum Gasteiger partial charge on any atom is 0.136 e. The van der Waals surface area contributed by atoms with Gasteiger partial charge in [0.05, 0.1) is 6.04 Å². The highest BCUT2D eigenvalue weighted by molar-refractivity contribution is 7.90. The summed E-state index contributed by atoms with van der Waals surface area (Å²) in [6.45, 7) is 7.95. The minimum Gasteiger partial charge on any atom is -0.598 e. The summed E-state index contributed by atoms with van der Waals surface area (Å²) in [6.07, 6.45) is 0.877. The molecule has 0 unspecified atom stereocenters. The smallest absolute Gasteiger partial charge is 0.136 e. The highest BCUT2D eigenvalue weighted by atomic mass is 35.5. The molecule has 0 aromatic heterocycles. The molecular weight excluding hydrogens is 254 g/mol. The Labute approximate surface area is 112 Å². The third kappa shape index (κ3) is 4.51. The molecule has 0 aliphatic rings. The number of nitrogens with one attached hydrogen (secondary N) is 1. The SMILES string of the molecule is CC[C@@H](N[S@+]([O-])C(C)(C)C)c1cccc(Cl)c1. The van der Waals surface area contributed by atoms with E-state index in [0.717, 1.165) is 12.0 Å². The zero-order valence-electron chi connectivity index (χ0n) is 10.8. The van der Waals surface area contributed by atoms with Gasteiger partial charge < -0.3 is 4.55 Å². The van der Waals surface area contributed by atoms with E-state index in [0.29, 0.717) is 5.02 Å². The number of halogens is 1. The van der Waals surface area contributed by atoms with Gasteiger partial charge in [-0.05, 0) is 44.9 Å². The molecule has 0 bridgehead atoms. The van der Waals surface area contributed by atoms with Crippen molar-refractivity contribution in [2.24, 2.45) is 0 Å². The second-order valence-electron chi connectivity index (χ2n) is 5.01. The zero-order chi connectivity index (χ0) is 13.1. The Balaban J connectivity index is 2.79. The van der Waals surface area contributed by atoms with E-state index in [2.05, 4.69) is 11.6 Å². The molecule has 2 atom stereocenters. The van der Waals surface area contributed by atoms with Crippen LogP contribution in [0.1, 0.15) is 45.7 Å². The number of hydrogen-bond donors (Lipinski definition) is 1. The van der Waals surface area contributed by atoms with Crippen molar-refractivity contribution < 1.29 is 4.55 Å². The van der Waals surface area contributed by atoms with Crippen LogP contribution >= 0.6 is 11.6 Å². The lowest BCUT2D eigenvalue weighted by Gasteiger charge is -2.27. The molecule has 1 N–H and O–H groups in total. The van der Waals surface area contributed by atoms with Crippen LogP contribution in [0.4, 0.5) is 0 Å². The summed E-state index contributed by atoms with van der Waals surface area (Å²) < 4.78 is 15.0. The maximum absolute atomic E-state index is 12.1. The fourth-order valence-corrected chi connectivity index (χ4v) is 2.53. The van der Waals surface area contributed by atoms with Gasteiger partial charge in [-0.15, -0.1) is 4.72 Å². The monoisotopic (exact) mass is 273 g/mol. The van der Waals surface area contributed by atoms with E-state index in [-0.39, 0.29) is 10.8 Å². The van der Waals surface area contributed by atoms with Gasteiger partial charge in [-0.2, -0.15) is 0 Å². The van der Waals surface area contributed by atoms with Gasteiger partial charge in [0, 0.05) is 16.4 Å². The summed E-state index contributed by atoms with van der Waals surface area (Å²) in [5.74, 6) is 0. The Hall–Kier alpha value is -0.220. The van der Waals surface area contributed by atoms with E-state index in [4.69, 9.17) is 11.6 Å². The van der Waals surface area contributed by atoms with Crippen LogP contribution in [-0.4, -0.2) is 9.30 Å². The lowest BCUT2D eigenvalue weighted by molar-refractivity contribution is 0.519. The van der Waals surface area contributed by atoms with Crippen LogP contribution in [-0.2, 0) is 11.4 Å². The Morgan fingerprint density at radius 3 is 2.53 bits per heavy atom. The van der Waals surface area contributed by atoms with Crippen LogP contribution in [0.3, 0.4) is 0 Å². The molecule has 1 rings (SSSR count). The Kier molecular flexibility index (Phi) is 5.32.